The van der Waals surface area contributed by atoms with E-state index in [1.165, 1.54) is 31.2 Å². The monoisotopic (exact) mass is 524 g/mol. The molecule has 0 radical (unpaired) electrons. The molecule has 8 heteroatoms. The van der Waals surface area contributed by atoms with Crippen molar-refractivity contribution in [2.24, 2.45) is 0 Å². The van der Waals surface area contributed by atoms with Gasteiger partial charge in [-0.15, -0.1) is 0 Å². The van der Waals surface area contributed by atoms with Crippen LogP contribution in [0.15, 0.2) is 109 Å². The van der Waals surface area contributed by atoms with E-state index >= 15 is 0 Å². The van der Waals surface area contributed by atoms with Crippen molar-refractivity contribution in [3.63, 3.8) is 0 Å². The number of para-hydroxylation sites is 1. The van der Waals surface area contributed by atoms with Crippen LogP contribution in [0.2, 0.25) is 0 Å². The fraction of sp³-hybridized carbons (Fsp3) is 0.129. The Morgan fingerprint density at radius 1 is 0.718 bits per heavy atom. The van der Waals surface area contributed by atoms with Crippen LogP contribution in [0.5, 0.6) is 17.2 Å². The lowest BCUT2D eigenvalue weighted by Crippen LogP contribution is -2.46. The Morgan fingerprint density at radius 3 is 1.95 bits per heavy atom. The fourth-order valence-corrected chi connectivity index (χ4v) is 3.59. The molecule has 0 bridgehead atoms. The molecule has 0 aromatic heterocycles. The maximum Gasteiger partial charge on any atom is 0.308 e. The highest BCUT2D eigenvalue weighted by Crippen LogP contribution is 2.22. The summed E-state index contributed by atoms with van der Waals surface area (Å²) in [5.41, 5.74) is 1.78. The van der Waals surface area contributed by atoms with Crippen molar-refractivity contribution in [2.45, 2.75) is 19.6 Å². The van der Waals surface area contributed by atoms with Crippen molar-refractivity contribution in [3.8, 4) is 17.2 Å². The van der Waals surface area contributed by atoms with E-state index in [0.717, 1.165) is 5.56 Å². The zero-order valence-corrected chi connectivity index (χ0v) is 21.3. The first-order chi connectivity index (χ1) is 19.0. The van der Waals surface area contributed by atoms with E-state index < -0.39 is 23.8 Å². The average Bonchev–Trinajstić information content (AvgIpc) is 2.94. The third kappa shape index (κ3) is 8.55. The van der Waals surface area contributed by atoms with Gasteiger partial charge in [0, 0.05) is 18.2 Å². The lowest BCUT2D eigenvalue weighted by molar-refractivity contribution is -0.131. The van der Waals surface area contributed by atoms with E-state index in [2.05, 4.69) is 10.6 Å². The molecule has 8 nitrogen and oxygen atoms in total. The number of anilines is 1. The van der Waals surface area contributed by atoms with Crippen molar-refractivity contribution < 1.29 is 28.6 Å². The van der Waals surface area contributed by atoms with Gasteiger partial charge in [0.1, 0.15) is 23.3 Å². The van der Waals surface area contributed by atoms with Crippen LogP contribution in [0.1, 0.15) is 22.8 Å². The smallest absolute Gasteiger partial charge is 0.308 e. The van der Waals surface area contributed by atoms with Crippen LogP contribution >= 0.6 is 0 Å². The first-order valence-corrected chi connectivity index (χ1v) is 12.3. The van der Waals surface area contributed by atoms with Crippen LogP contribution in [0.25, 0.3) is 0 Å². The molecule has 1 unspecified atom stereocenters. The van der Waals surface area contributed by atoms with Crippen molar-refractivity contribution in [1.29, 1.82) is 0 Å². The largest absolute Gasteiger partial charge is 0.457 e. The van der Waals surface area contributed by atoms with Crippen molar-refractivity contribution in [3.05, 3.63) is 120 Å². The van der Waals surface area contributed by atoms with E-state index in [-0.39, 0.29) is 13.2 Å². The molecular formula is C31H28N2O6. The Labute approximate surface area is 226 Å². The summed E-state index contributed by atoms with van der Waals surface area (Å²) in [6.07, 6.45) is 0. The average molecular weight is 525 g/mol. The normalized spacial score (nSPS) is 11.2. The van der Waals surface area contributed by atoms with Gasteiger partial charge in [0.2, 0.25) is 5.91 Å². The molecule has 0 aliphatic carbocycles. The van der Waals surface area contributed by atoms with Crippen molar-refractivity contribution in [2.75, 3.05) is 11.9 Å². The van der Waals surface area contributed by atoms with Crippen molar-refractivity contribution >= 4 is 23.5 Å². The standard InChI is InChI=1S/C31H28N2O6/c1-22(34)38-27-16-12-24(13-17-27)30(35)33-29(21-37-20-23-8-4-2-5-9-23)31(36)32-25-14-18-28(19-15-25)39-26-10-6-3-7-11-26/h2-19,29H,20-21H2,1H3,(H,32,36)(H,33,35). The van der Waals surface area contributed by atoms with Gasteiger partial charge in [-0.1, -0.05) is 48.5 Å². The molecule has 0 saturated heterocycles. The third-order valence-corrected chi connectivity index (χ3v) is 5.50. The van der Waals surface area contributed by atoms with Crippen LogP contribution < -0.4 is 20.1 Å². The van der Waals surface area contributed by atoms with Gasteiger partial charge in [0.05, 0.1) is 13.2 Å². The SMILES string of the molecule is CC(=O)Oc1ccc(C(=O)NC(COCc2ccccc2)C(=O)Nc2ccc(Oc3ccccc3)cc2)cc1. The minimum absolute atomic E-state index is 0.0484. The summed E-state index contributed by atoms with van der Waals surface area (Å²) in [6.45, 7) is 1.53. The summed E-state index contributed by atoms with van der Waals surface area (Å²) >= 11 is 0. The first kappa shape index (κ1) is 27.1. The summed E-state index contributed by atoms with van der Waals surface area (Å²) in [4.78, 5) is 37.2. The number of nitrogens with one attached hydrogen (secondary N) is 2. The molecular weight excluding hydrogens is 496 g/mol. The van der Waals surface area contributed by atoms with Gasteiger partial charge < -0.3 is 24.8 Å². The number of ether oxygens (including phenoxy) is 3. The van der Waals surface area contributed by atoms with Crippen LogP contribution in [0.3, 0.4) is 0 Å². The van der Waals surface area contributed by atoms with Crippen molar-refractivity contribution in [1.82, 2.24) is 5.32 Å². The number of carbonyl (C=O) groups excluding carboxylic acids is 3. The third-order valence-electron chi connectivity index (χ3n) is 5.50. The Bertz CT molecular complexity index is 1370. The molecule has 2 N–H and O–H groups in total. The predicted molar refractivity (Wildman–Crippen MR) is 147 cm³/mol. The maximum atomic E-state index is 13.2. The zero-order chi connectivity index (χ0) is 27.5. The Hall–Kier alpha value is -4.95. The van der Waals surface area contributed by atoms with E-state index in [1.54, 1.807) is 24.3 Å². The molecule has 4 aromatic rings. The lowest BCUT2D eigenvalue weighted by atomic mass is 10.1. The first-order valence-electron chi connectivity index (χ1n) is 12.3. The minimum atomic E-state index is -0.977. The highest BCUT2D eigenvalue weighted by atomic mass is 16.5. The molecule has 0 heterocycles. The van der Waals surface area contributed by atoms with E-state index in [9.17, 15) is 14.4 Å². The van der Waals surface area contributed by atoms with Crippen LogP contribution in [0, 0.1) is 0 Å². The Balaban J connectivity index is 1.41. The van der Waals surface area contributed by atoms with E-state index in [4.69, 9.17) is 14.2 Å². The summed E-state index contributed by atoms with van der Waals surface area (Å²) in [5, 5.41) is 5.56. The van der Waals surface area contributed by atoms with Gasteiger partial charge >= 0.3 is 5.97 Å². The van der Waals surface area contributed by atoms with Gasteiger partial charge in [0.25, 0.3) is 5.91 Å². The molecule has 2 amide bonds. The molecule has 0 aliphatic rings. The number of amides is 2. The van der Waals surface area contributed by atoms with Crippen LogP contribution in [0.4, 0.5) is 5.69 Å². The quantitative estimate of drug-likeness (QED) is 0.202. The molecule has 4 rings (SSSR count). The molecule has 1 atom stereocenters. The summed E-state index contributed by atoms with van der Waals surface area (Å²) in [6, 6.07) is 30.9. The zero-order valence-electron chi connectivity index (χ0n) is 21.3. The van der Waals surface area contributed by atoms with Crippen LogP contribution in [-0.2, 0) is 20.9 Å². The van der Waals surface area contributed by atoms with Gasteiger partial charge in [-0.25, -0.2) is 0 Å². The molecule has 0 aliphatic heterocycles. The highest BCUT2D eigenvalue weighted by Gasteiger charge is 2.22. The molecule has 0 fully saturated rings. The number of rotatable bonds is 11. The summed E-state index contributed by atoms with van der Waals surface area (Å²) in [7, 11) is 0. The topological polar surface area (TPSA) is 103 Å². The molecule has 0 saturated carbocycles. The second-order valence-corrected chi connectivity index (χ2v) is 8.57. The van der Waals surface area contributed by atoms with Gasteiger partial charge in [-0.2, -0.15) is 0 Å². The van der Waals surface area contributed by atoms with Gasteiger partial charge in [-0.05, 0) is 66.2 Å². The number of hydrogen-bond acceptors (Lipinski definition) is 6. The van der Waals surface area contributed by atoms with Gasteiger partial charge in [-0.3, -0.25) is 14.4 Å². The van der Waals surface area contributed by atoms with Crippen LogP contribution in [-0.4, -0.2) is 30.4 Å². The molecule has 198 valence electrons. The lowest BCUT2D eigenvalue weighted by Gasteiger charge is -2.19. The van der Waals surface area contributed by atoms with E-state index in [0.29, 0.717) is 28.5 Å². The van der Waals surface area contributed by atoms with Gasteiger partial charge in [0.15, 0.2) is 0 Å². The number of hydrogen-bond donors (Lipinski definition) is 2. The Morgan fingerprint density at radius 2 is 1.31 bits per heavy atom. The summed E-state index contributed by atoms with van der Waals surface area (Å²) in [5.74, 6) is 0.267. The second kappa shape index (κ2) is 13.6. The number of carbonyl (C=O) groups is 3. The molecule has 0 spiro atoms. The molecule has 39 heavy (non-hydrogen) atoms. The predicted octanol–water partition coefficient (Wildman–Crippen LogP) is 5.36. The second-order valence-electron chi connectivity index (χ2n) is 8.57. The number of esters is 1. The molecule has 4 aromatic carbocycles. The Kier molecular flexibility index (Phi) is 9.42. The fourth-order valence-electron chi connectivity index (χ4n) is 3.59. The summed E-state index contributed by atoms with van der Waals surface area (Å²) < 4.78 is 16.6. The minimum Gasteiger partial charge on any atom is -0.457 e. The number of benzene rings is 4. The highest BCUT2D eigenvalue weighted by molar-refractivity contribution is 6.01. The maximum absolute atomic E-state index is 13.2. The van der Waals surface area contributed by atoms with E-state index in [1.807, 2.05) is 60.7 Å².